The van der Waals surface area contributed by atoms with Crippen molar-refractivity contribution in [2.24, 2.45) is 5.41 Å². The molecule has 0 atom stereocenters. The number of hydrogen-bond donors (Lipinski definition) is 0. The van der Waals surface area contributed by atoms with Crippen molar-refractivity contribution in [2.45, 2.75) is 26.7 Å². The maximum atomic E-state index is 12.4. The first-order chi connectivity index (χ1) is 9.84. The SMILES string of the molecule is Cc1cc(C(=O)N2CCC(C)(C#N)CC2)cc([N+](=O)[O-])c1. The summed E-state index contributed by atoms with van der Waals surface area (Å²) in [7, 11) is 0. The Bertz CT molecular complexity index is 626. The van der Waals surface area contributed by atoms with Gasteiger partial charge in [-0.15, -0.1) is 0 Å². The zero-order chi connectivity index (χ0) is 15.6. The summed E-state index contributed by atoms with van der Waals surface area (Å²) < 4.78 is 0. The quantitative estimate of drug-likeness (QED) is 0.618. The standard InChI is InChI=1S/C15H17N3O3/c1-11-7-12(9-13(8-11)18(20)21)14(19)17-5-3-15(2,10-16)4-6-17/h7-9H,3-6H2,1-2H3. The van der Waals surface area contributed by atoms with Gasteiger partial charge >= 0.3 is 0 Å². The minimum atomic E-state index is -0.493. The van der Waals surface area contributed by atoms with Gasteiger partial charge in [0.1, 0.15) is 0 Å². The fourth-order valence-corrected chi connectivity index (χ4v) is 2.49. The van der Waals surface area contributed by atoms with Crippen LogP contribution in [-0.4, -0.2) is 28.8 Å². The second-order valence-electron chi connectivity index (χ2n) is 5.78. The lowest BCUT2D eigenvalue weighted by Crippen LogP contribution is -2.41. The third kappa shape index (κ3) is 3.19. The van der Waals surface area contributed by atoms with E-state index in [2.05, 4.69) is 6.07 Å². The van der Waals surface area contributed by atoms with Crippen molar-refractivity contribution in [1.82, 2.24) is 4.90 Å². The molecule has 0 bridgehead atoms. The van der Waals surface area contributed by atoms with Crippen LogP contribution < -0.4 is 0 Å². The molecule has 1 heterocycles. The summed E-state index contributed by atoms with van der Waals surface area (Å²) >= 11 is 0. The van der Waals surface area contributed by atoms with Gasteiger partial charge in [-0.25, -0.2) is 0 Å². The van der Waals surface area contributed by atoms with Gasteiger partial charge in [-0.3, -0.25) is 14.9 Å². The molecule has 0 aliphatic carbocycles. The first-order valence-corrected chi connectivity index (χ1v) is 6.81. The van der Waals surface area contributed by atoms with E-state index in [0.29, 0.717) is 37.1 Å². The van der Waals surface area contributed by atoms with Crippen molar-refractivity contribution >= 4 is 11.6 Å². The van der Waals surface area contributed by atoms with Gasteiger partial charge in [0.2, 0.25) is 0 Å². The number of hydrogen-bond acceptors (Lipinski definition) is 4. The van der Waals surface area contributed by atoms with Crippen LogP contribution in [0.1, 0.15) is 35.7 Å². The summed E-state index contributed by atoms with van der Waals surface area (Å²) in [6.07, 6.45) is 1.26. The lowest BCUT2D eigenvalue weighted by Gasteiger charge is -2.35. The Balaban J connectivity index is 2.18. The van der Waals surface area contributed by atoms with E-state index in [1.54, 1.807) is 17.9 Å². The molecule has 0 aromatic heterocycles. The van der Waals surface area contributed by atoms with Crippen molar-refractivity contribution in [3.05, 3.63) is 39.4 Å². The number of nitriles is 1. The van der Waals surface area contributed by atoms with Gasteiger partial charge in [0.05, 0.1) is 16.4 Å². The smallest absolute Gasteiger partial charge is 0.270 e. The van der Waals surface area contributed by atoms with Crippen LogP contribution in [0.4, 0.5) is 5.69 Å². The molecule has 0 saturated carbocycles. The summed E-state index contributed by atoms with van der Waals surface area (Å²) in [5, 5.41) is 20.0. The molecule has 0 radical (unpaired) electrons. The molecule has 6 heteroatoms. The molecule has 1 saturated heterocycles. The van der Waals surface area contributed by atoms with Crippen LogP contribution >= 0.6 is 0 Å². The van der Waals surface area contributed by atoms with Crippen molar-refractivity contribution in [2.75, 3.05) is 13.1 Å². The number of nitro groups is 1. The third-order valence-corrected chi connectivity index (χ3v) is 3.94. The molecule has 1 amide bonds. The molecule has 0 unspecified atom stereocenters. The highest BCUT2D eigenvalue weighted by Crippen LogP contribution is 2.30. The zero-order valence-corrected chi connectivity index (χ0v) is 12.1. The monoisotopic (exact) mass is 287 g/mol. The van der Waals surface area contributed by atoms with Crippen molar-refractivity contribution in [3.63, 3.8) is 0 Å². The molecular weight excluding hydrogens is 270 g/mol. The largest absolute Gasteiger partial charge is 0.339 e. The summed E-state index contributed by atoms with van der Waals surface area (Å²) in [6, 6.07) is 6.70. The second kappa shape index (κ2) is 5.52. The maximum Gasteiger partial charge on any atom is 0.270 e. The molecule has 0 spiro atoms. The molecule has 1 aromatic carbocycles. The molecular formula is C15H17N3O3. The highest BCUT2D eigenvalue weighted by atomic mass is 16.6. The Hall–Kier alpha value is -2.42. The molecule has 2 rings (SSSR count). The number of nitrogens with zero attached hydrogens (tertiary/aromatic N) is 3. The fraction of sp³-hybridized carbons (Fsp3) is 0.467. The highest BCUT2D eigenvalue weighted by molar-refractivity contribution is 5.95. The van der Waals surface area contributed by atoms with Gasteiger partial charge in [0.15, 0.2) is 0 Å². The normalized spacial score (nSPS) is 17.1. The van der Waals surface area contributed by atoms with Crippen LogP contribution in [0, 0.1) is 33.8 Å². The molecule has 0 N–H and O–H groups in total. The number of likely N-dealkylation sites (tertiary alicyclic amines) is 1. The van der Waals surface area contributed by atoms with Crippen LogP contribution in [0.25, 0.3) is 0 Å². The Kier molecular flexibility index (Phi) is 3.94. The Morgan fingerprint density at radius 2 is 2.00 bits per heavy atom. The average Bonchev–Trinajstić information content (AvgIpc) is 2.46. The van der Waals surface area contributed by atoms with Gasteiger partial charge < -0.3 is 4.90 Å². The molecule has 21 heavy (non-hydrogen) atoms. The highest BCUT2D eigenvalue weighted by Gasteiger charge is 2.32. The number of carbonyl (C=O) groups is 1. The van der Waals surface area contributed by atoms with Gasteiger partial charge in [-0.1, -0.05) is 0 Å². The summed E-state index contributed by atoms with van der Waals surface area (Å²) in [5.41, 5.74) is 0.570. The summed E-state index contributed by atoms with van der Waals surface area (Å²) in [5.74, 6) is -0.207. The first-order valence-electron chi connectivity index (χ1n) is 6.81. The van der Waals surface area contributed by atoms with E-state index in [0.717, 1.165) is 0 Å². The van der Waals surface area contributed by atoms with E-state index >= 15 is 0 Å². The number of piperidine rings is 1. The first kappa shape index (κ1) is 15.0. The molecule has 110 valence electrons. The molecule has 1 aliphatic rings. The van der Waals surface area contributed by atoms with Gasteiger partial charge in [-0.05, 0) is 38.3 Å². The minimum Gasteiger partial charge on any atom is -0.339 e. The van der Waals surface area contributed by atoms with E-state index in [9.17, 15) is 14.9 Å². The topological polar surface area (TPSA) is 87.2 Å². The number of carbonyl (C=O) groups excluding carboxylic acids is 1. The van der Waals surface area contributed by atoms with Crippen LogP contribution in [0.3, 0.4) is 0 Å². The van der Waals surface area contributed by atoms with Gasteiger partial charge in [0, 0.05) is 30.8 Å². The van der Waals surface area contributed by atoms with E-state index in [-0.39, 0.29) is 17.0 Å². The number of nitro benzene ring substituents is 1. The Labute approximate surface area is 123 Å². The number of aryl methyl sites for hydroxylation is 1. The number of rotatable bonds is 2. The van der Waals surface area contributed by atoms with Crippen LogP contribution in [0.5, 0.6) is 0 Å². The van der Waals surface area contributed by atoms with Gasteiger partial charge in [0.25, 0.3) is 11.6 Å². The fourth-order valence-electron chi connectivity index (χ4n) is 2.49. The van der Waals surface area contributed by atoms with Crippen molar-refractivity contribution in [1.29, 1.82) is 5.26 Å². The van der Waals surface area contributed by atoms with Crippen molar-refractivity contribution in [3.8, 4) is 6.07 Å². The van der Waals surface area contributed by atoms with Crippen LogP contribution in [0.2, 0.25) is 0 Å². The Morgan fingerprint density at radius 3 is 2.52 bits per heavy atom. The van der Waals surface area contributed by atoms with E-state index in [4.69, 9.17) is 5.26 Å². The molecule has 1 aliphatic heterocycles. The number of non-ortho nitro benzene ring substituents is 1. The average molecular weight is 287 g/mol. The van der Waals surface area contributed by atoms with E-state index < -0.39 is 4.92 Å². The number of amides is 1. The van der Waals surface area contributed by atoms with Crippen LogP contribution in [-0.2, 0) is 0 Å². The maximum absolute atomic E-state index is 12.4. The van der Waals surface area contributed by atoms with E-state index in [1.807, 2.05) is 6.92 Å². The predicted octanol–water partition coefficient (Wildman–Crippen LogP) is 2.67. The molecule has 1 aromatic rings. The lowest BCUT2D eigenvalue weighted by molar-refractivity contribution is -0.384. The van der Waals surface area contributed by atoms with Crippen LogP contribution in [0.15, 0.2) is 18.2 Å². The lowest BCUT2D eigenvalue weighted by atomic mass is 9.82. The van der Waals surface area contributed by atoms with E-state index in [1.165, 1.54) is 12.1 Å². The number of benzene rings is 1. The molecule has 1 fully saturated rings. The van der Waals surface area contributed by atoms with Gasteiger partial charge in [-0.2, -0.15) is 5.26 Å². The minimum absolute atomic E-state index is 0.0720. The summed E-state index contributed by atoms with van der Waals surface area (Å²) in [6.45, 7) is 4.63. The van der Waals surface area contributed by atoms with Crippen molar-refractivity contribution < 1.29 is 9.72 Å². The molecule has 6 nitrogen and oxygen atoms in total. The third-order valence-electron chi connectivity index (χ3n) is 3.94. The summed E-state index contributed by atoms with van der Waals surface area (Å²) in [4.78, 5) is 24.5. The predicted molar refractivity (Wildman–Crippen MR) is 76.7 cm³/mol. The Morgan fingerprint density at radius 1 is 1.38 bits per heavy atom. The zero-order valence-electron chi connectivity index (χ0n) is 12.1. The second-order valence-corrected chi connectivity index (χ2v) is 5.78.